The van der Waals surface area contributed by atoms with Gasteiger partial charge in [-0.1, -0.05) is 30.3 Å². The van der Waals surface area contributed by atoms with Crippen LogP contribution in [0.3, 0.4) is 0 Å². The van der Waals surface area contributed by atoms with Crippen molar-refractivity contribution in [2.45, 2.75) is 26.3 Å². The molecule has 0 atom stereocenters. The van der Waals surface area contributed by atoms with Crippen molar-refractivity contribution in [1.82, 2.24) is 19.7 Å². The normalized spacial score (nSPS) is 14.8. The molecular formula is C22H24N4O4. The number of pyridine rings is 1. The fourth-order valence-corrected chi connectivity index (χ4v) is 3.88. The fraction of sp³-hybridized carbons (Fsp3) is 0.364. The Bertz CT molecular complexity index is 1060. The summed E-state index contributed by atoms with van der Waals surface area (Å²) in [5.41, 5.74) is 1.89. The third-order valence-electron chi connectivity index (χ3n) is 5.45. The highest BCUT2D eigenvalue weighted by atomic mass is 16.5. The molecule has 1 fully saturated rings. The molecule has 3 heterocycles. The van der Waals surface area contributed by atoms with Crippen molar-refractivity contribution < 1.29 is 14.3 Å². The van der Waals surface area contributed by atoms with Crippen molar-refractivity contribution in [3.63, 3.8) is 0 Å². The van der Waals surface area contributed by atoms with Crippen molar-refractivity contribution in [3.8, 4) is 11.3 Å². The summed E-state index contributed by atoms with van der Waals surface area (Å²) in [4.78, 5) is 39.2. The van der Waals surface area contributed by atoms with E-state index in [0.717, 1.165) is 5.56 Å². The van der Waals surface area contributed by atoms with Crippen LogP contribution in [0.5, 0.6) is 0 Å². The van der Waals surface area contributed by atoms with Gasteiger partial charge in [0.2, 0.25) is 0 Å². The van der Waals surface area contributed by atoms with Crippen LogP contribution in [-0.4, -0.2) is 51.2 Å². The minimum absolute atomic E-state index is 0.175. The van der Waals surface area contributed by atoms with Gasteiger partial charge in [-0.3, -0.25) is 14.4 Å². The van der Waals surface area contributed by atoms with Gasteiger partial charge in [-0.15, -0.1) is 0 Å². The lowest BCUT2D eigenvalue weighted by atomic mass is 9.96. The number of hydrogen-bond acceptors (Lipinski definition) is 5. The third-order valence-corrected chi connectivity index (χ3v) is 5.45. The van der Waals surface area contributed by atoms with Crippen LogP contribution in [-0.2, 0) is 16.1 Å². The van der Waals surface area contributed by atoms with E-state index >= 15 is 0 Å². The number of carbonyl (C=O) groups is 2. The molecule has 3 aliphatic heterocycles. The van der Waals surface area contributed by atoms with Gasteiger partial charge < -0.3 is 14.2 Å². The van der Waals surface area contributed by atoms with Gasteiger partial charge in [0, 0.05) is 32.0 Å². The predicted molar refractivity (Wildman–Crippen MR) is 110 cm³/mol. The van der Waals surface area contributed by atoms with Crippen molar-refractivity contribution >= 4 is 11.9 Å². The number of fused-ring (bicyclic) bond motifs is 1. The van der Waals surface area contributed by atoms with Crippen LogP contribution in [0, 0.1) is 5.92 Å². The first-order valence-electron chi connectivity index (χ1n) is 10.1. The number of aromatic amines is 1. The van der Waals surface area contributed by atoms with E-state index in [-0.39, 0.29) is 23.4 Å². The number of nitrogens with one attached hydrogen (secondary N) is 1. The number of aromatic nitrogens is 3. The highest BCUT2D eigenvalue weighted by molar-refractivity contribution is 6.00. The van der Waals surface area contributed by atoms with Crippen LogP contribution in [0.4, 0.5) is 0 Å². The van der Waals surface area contributed by atoms with Crippen LogP contribution >= 0.6 is 0 Å². The predicted octanol–water partition coefficient (Wildman–Crippen LogP) is 2.14. The summed E-state index contributed by atoms with van der Waals surface area (Å²) in [6.45, 7) is 3.61. The molecule has 1 saturated heterocycles. The Morgan fingerprint density at radius 3 is 2.60 bits per heavy atom. The van der Waals surface area contributed by atoms with Gasteiger partial charge in [-0.25, -0.2) is 5.10 Å². The van der Waals surface area contributed by atoms with Gasteiger partial charge in [0.05, 0.1) is 23.7 Å². The van der Waals surface area contributed by atoms with E-state index in [1.165, 1.54) is 0 Å². The molecule has 4 rings (SSSR count). The van der Waals surface area contributed by atoms with Gasteiger partial charge in [0.25, 0.3) is 11.5 Å². The monoisotopic (exact) mass is 408 g/mol. The van der Waals surface area contributed by atoms with Crippen molar-refractivity contribution in [1.29, 1.82) is 0 Å². The second-order valence-electron chi connectivity index (χ2n) is 7.46. The zero-order valence-electron chi connectivity index (χ0n) is 16.8. The van der Waals surface area contributed by atoms with Gasteiger partial charge >= 0.3 is 5.97 Å². The number of amides is 1. The second-order valence-corrected chi connectivity index (χ2v) is 7.46. The molecule has 0 aliphatic carbocycles. The molecule has 1 amide bonds. The number of H-pyrrole nitrogens is 1. The Balaban J connectivity index is 1.58. The standard InChI is InChI=1S/C22H24N4O4/c1-2-30-22(29)16-8-10-26(11-9-16)21(28)18-14-25(12-15-6-4-3-5-7-15)13-17-19(18)23-24-20(17)27/h3-7,13-14,16H,2,8-12H2,1H3,(H,24,27). The van der Waals surface area contributed by atoms with E-state index < -0.39 is 0 Å². The van der Waals surface area contributed by atoms with Gasteiger partial charge in [-0.05, 0) is 25.3 Å². The van der Waals surface area contributed by atoms with Gasteiger partial charge in [0.15, 0.2) is 0 Å². The SMILES string of the molecule is CCOC(=O)C1CCN(C(=O)c2cn(Cc3ccccc3)cc3c(=O)[nH]nc2-3)CC1. The number of piperidine rings is 1. The van der Waals surface area contributed by atoms with Crippen LogP contribution < -0.4 is 5.56 Å². The van der Waals surface area contributed by atoms with Crippen molar-refractivity contribution in [2.75, 3.05) is 19.7 Å². The lowest BCUT2D eigenvalue weighted by Gasteiger charge is -2.31. The average Bonchev–Trinajstić information content (AvgIpc) is 3.14. The van der Waals surface area contributed by atoms with Crippen LogP contribution in [0.1, 0.15) is 35.7 Å². The fourth-order valence-electron chi connectivity index (χ4n) is 3.88. The second kappa shape index (κ2) is 8.52. The molecule has 0 bridgehead atoms. The van der Waals surface area contributed by atoms with Crippen LogP contribution in [0.15, 0.2) is 47.5 Å². The summed E-state index contributed by atoms with van der Waals surface area (Å²) in [7, 11) is 0. The van der Waals surface area contributed by atoms with Crippen molar-refractivity contribution in [2.24, 2.45) is 5.92 Å². The first-order chi connectivity index (χ1) is 14.6. The number of ether oxygens (including phenoxy) is 1. The number of esters is 1. The molecule has 0 unspecified atom stereocenters. The third kappa shape index (κ3) is 3.98. The maximum absolute atomic E-state index is 13.3. The number of carbonyl (C=O) groups excluding carboxylic acids is 2. The molecule has 0 aromatic heterocycles. The number of benzene rings is 1. The minimum atomic E-state index is -0.317. The summed E-state index contributed by atoms with van der Waals surface area (Å²) in [5.74, 6) is -0.557. The molecule has 156 valence electrons. The molecule has 8 nitrogen and oxygen atoms in total. The van der Waals surface area contributed by atoms with E-state index in [1.807, 2.05) is 34.9 Å². The highest BCUT2D eigenvalue weighted by Gasteiger charge is 2.31. The molecule has 3 aliphatic rings. The molecule has 0 saturated carbocycles. The molecule has 1 aromatic rings. The van der Waals surface area contributed by atoms with Gasteiger partial charge in [-0.2, -0.15) is 5.10 Å². The lowest BCUT2D eigenvalue weighted by Crippen LogP contribution is -2.41. The zero-order valence-corrected chi connectivity index (χ0v) is 16.8. The Morgan fingerprint density at radius 1 is 1.17 bits per heavy atom. The van der Waals surface area contributed by atoms with Crippen molar-refractivity contribution in [3.05, 3.63) is 64.2 Å². The van der Waals surface area contributed by atoms with E-state index in [0.29, 0.717) is 55.9 Å². The zero-order chi connectivity index (χ0) is 21.1. The largest absolute Gasteiger partial charge is 0.466 e. The summed E-state index contributed by atoms with van der Waals surface area (Å²) >= 11 is 0. The van der Waals surface area contributed by atoms with Crippen LogP contribution in [0.2, 0.25) is 0 Å². The number of rotatable bonds is 5. The molecule has 1 aromatic carbocycles. The van der Waals surface area contributed by atoms with Gasteiger partial charge in [0.1, 0.15) is 5.69 Å². The summed E-state index contributed by atoms with van der Waals surface area (Å²) in [5, 5.41) is 6.53. The van der Waals surface area contributed by atoms with E-state index in [2.05, 4.69) is 10.2 Å². The molecule has 30 heavy (non-hydrogen) atoms. The Kier molecular flexibility index (Phi) is 5.65. The first-order valence-corrected chi connectivity index (χ1v) is 10.1. The Morgan fingerprint density at radius 2 is 1.90 bits per heavy atom. The summed E-state index contributed by atoms with van der Waals surface area (Å²) < 4.78 is 6.94. The number of hydrogen-bond donors (Lipinski definition) is 1. The Labute approximate surface area is 173 Å². The minimum Gasteiger partial charge on any atom is -0.466 e. The highest BCUT2D eigenvalue weighted by Crippen LogP contribution is 2.25. The lowest BCUT2D eigenvalue weighted by molar-refractivity contribution is -0.149. The first kappa shape index (κ1) is 19.9. The maximum Gasteiger partial charge on any atom is 0.309 e. The molecule has 8 heteroatoms. The molecule has 0 radical (unpaired) electrons. The number of nitrogens with zero attached hydrogens (tertiary/aromatic N) is 3. The summed E-state index contributed by atoms with van der Waals surface area (Å²) in [6, 6.07) is 9.83. The number of likely N-dealkylation sites (tertiary alicyclic amines) is 1. The Hall–Kier alpha value is -3.42. The van der Waals surface area contributed by atoms with E-state index in [9.17, 15) is 14.4 Å². The molecule has 0 spiro atoms. The van der Waals surface area contributed by atoms with E-state index in [1.54, 1.807) is 24.2 Å². The molecule has 1 N–H and O–H groups in total. The molecular weight excluding hydrogens is 384 g/mol. The van der Waals surface area contributed by atoms with Crippen LogP contribution in [0.25, 0.3) is 11.3 Å². The quantitative estimate of drug-likeness (QED) is 0.653. The van der Waals surface area contributed by atoms with E-state index in [4.69, 9.17) is 4.74 Å². The average molecular weight is 408 g/mol. The topological polar surface area (TPSA) is 97.3 Å². The smallest absolute Gasteiger partial charge is 0.309 e. The maximum atomic E-state index is 13.3. The summed E-state index contributed by atoms with van der Waals surface area (Å²) in [6.07, 6.45) is 4.60.